The molecule has 0 nitrogen and oxygen atoms in total. The molecule has 0 radical (unpaired) electrons. The lowest BCUT2D eigenvalue weighted by Crippen LogP contribution is -2.55. The molecule has 0 aliphatic heterocycles. The van der Waals surface area contributed by atoms with E-state index < -0.39 is 0 Å². The van der Waals surface area contributed by atoms with Crippen molar-refractivity contribution in [2.24, 2.45) is 23.7 Å². The molecule has 14 rings (SSSR count). The lowest BCUT2D eigenvalue weighted by Gasteiger charge is -2.61. The van der Waals surface area contributed by atoms with E-state index in [4.69, 9.17) is 0 Å². The topological polar surface area (TPSA) is 0 Å². The fourth-order valence-corrected chi connectivity index (χ4v) is 13.7. The fraction of sp³-hybridized carbons (Fsp3) is 0.236. The van der Waals surface area contributed by atoms with E-state index in [-0.39, 0.29) is 10.8 Å². The van der Waals surface area contributed by atoms with Crippen molar-refractivity contribution in [3.63, 3.8) is 0 Å². The molecule has 4 fully saturated rings. The summed E-state index contributed by atoms with van der Waals surface area (Å²) in [5.74, 6) is 3.27. The van der Waals surface area contributed by atoms with Crippen LogP contribution in [-0.4, -0.2) is 0 Å². The molecule has 8 aromatic carbocycles. The summed E-state index contributed by atoms with van der Waals surface area (Å²) >= 11 is 0. The maximum Gasteiger partial charge on any atom is 0.0278 e. The maximum absolute atomic E-state index is 2.70. The number of benzene rings is 8. The Kier molecular flexibility index (Phi) is 5.96. The molecule has 0 aromatic heterocycles. The van der Waals surface area contributed by atoms with Gasteiger partial charge in [0.25, 0.3) is 0 Å². The van der Waals surface area contributed by atoms with Gasteiger partial charge in [0.1, 0.15) is 0 Å². The molecule has 4 bridgehead atoms. The quantitative estimate of drug-likeness (QED) is 0.157. The van der Waals surface area contributed by atoms with Crippen molar-refractivity contribution < 1.29 is 0 Å². The zero-order valence-corrected chi connectivity index (χ0v) is 31.7. The first-order valence-corrected chi connectivity index (χ1v) is 20.9. The first-order chi connectivity index (χ1) is 27.0. The summed E-state index contributed by atoms with van der Waals surface area (Å²) in [6, 6.07) is 56.6. The molecule has 0 saturated heterocycles. The van der Waals surface area contributed by atoms with Crippen molar-refractivity contribution in [2.75, 3.05) is 0 Å². The van der Waals surface area contributed by atoms with Crippen LogP contribution in [0.15, 0.2) is 146 Å². The van der Waals surface area contributed by atoms with Gasteiger partial charge in [-0.2, -0.15) is 0 Å². The Morgan fingerprint density at radius 3 is 1.49 bits per heavy atom. The summed E-state index contributed by atoms with van der Waals surface area (Å²) < 4.78 is 0. The molecular weight excluding hydrogens is 661 g/mol. The van der Waals surface area contributed by atoms with E-state index in [0.717, 1.165) is 23.7 Å². The van der Waals surface area contributed by atoms with Crippen molar-refractivity contribution in [1.29, 1.82) is 0 Å². The van der Waals surface area contributed by atoms with E-state index in [9.17, 15) is 0 Å². The molecule has 4 saturated carbocycles. The van der Waals surface area contributed by atoms with Crippen LogP contribution in [0.1, 0.15) is 68.2 Å². The van der Waals surface area contributed by atoms with Crippen LogP contribution in [0.3, 0.4) is 0 Å². The molecule has 264 valence electrons. The zero-order chi connectivity index (χ0) is 36.2. The highest BCUT2D eigenvalue weighted by atomic mass is 14.6. The van der Waals surface area contributed by atoms with Gasteiger partial charge in [0, 0.05) is 10.8 Å². The van der Waals surface area contributed by atoms with Gasteiger partial charge in [-0.25, -0.2) is 0 Å². The summed E-state index contributed by atoms with van der Waals surface area (Å²) in [6.45, 7) is 4.79. The minimum atomic E-state index is -0.0469. The Bertz CT molecular complexity index is 2890. The van der Waals surface area contributed by atoms with Crippen LogP contribution in [-0.2, 0) is 10.8 Å². The van der Waals surface area contributed by atoms with Gasteiger partial charge in [-0.3, -0.25) is 0 Å². The van der Waals surface area contributed by atoms with Gasteiger partial charge in [0.05, 0.1) is 0 Å². The summed E-state index contributed by atoms with van der Waals surface area (Å²) in [6.07, 6.45) is 7.04. The molecule has 6 aliphatic carbocycles. The molecule has 0 amide bonds. The molecule has 55 heavy (non-hydrogen) atoms. The molecule has 1 spiro atoms. The van der Waals surface area contributed by atoms with Crippen molar-refractivity contribution in [3.05, 3.63) is 168 Å². The van der Waals surface area contributed by atoms with Gasteiger partial charge < -0.3 is 0 Å². The first-order valence-electron chi connectivity index (χ1n) is 20.9. The summed E-state index contributed by atoms with van der Waals surface area (Å²) in [4.78, 5) is 0. The lowest BCUT2D eigenvalue weighted by atomic mass is 9.43. The third kappa shape index (κ3) is 3.84. The van der Waals surface area contributed by atoms with Crippen LogP contribution in [0.4, 0.5) is 0 Å². The van der Waals surface area contributed by atoms with Gasteiger partial charge in [-0.1, -0.05) is 147 Å². The van der Waals surface area contributed by atoms with E-state index >= 15 is 0 Å². The van der Waals surface area contributed by atoms with E-state index in [2.05, 4.69) is 159 Å². The molecule has 0 heterocycles. The molecule has 0 unspecified atom stereocenters. The van der Waals surface area contributed by atoms with Gasteiger partial charge >= 0.3 is 0 Å². The third-order valence-electron chi connectivity index (χ3n) is 15.6. The predicted octanol–water partition coefficient (Wildman–Crippen LogP) is 14.5. The van der Waals surface area contributed by atoms with Crippen LogP contribution in [0.5, 0.6) is 0 Å². The number of fused-ring (bicyclic) bond motifs is 10. The SMILES string of the molecule is CC1(C)c2ccccc2-c2ccc(-c3c4ccccc4c(-c4ccc5c(c4)C4(c6c-5ccc5ccccc65)C5CC6CC(C5)CC4C6)c4ccccc34)cc21. The Hall–Kier alpha value is -5.46. The molecule has 0 atom stereocenters. The smallest absolute Gasteiger partial charge is 0.0278 e. The average Bonchev–Trinajstić information content (AvgIpc) is 3.64. The standard InChI is InChI=1S/C55H44/c1-54(2)48-18-10-9-13-40(48)41-22-20-35(30-49(41)54)51-43-14-5-7-16-45(43)52(46-17-8-6-15-44(46)51)36-21-23-42-47-24-19-34-11-3-4-12-39(34)53(47)55(50(42)31-36)37-26-32-25-33(28-37)29-38(55)27-32/h3-24,30-33,37-38H,25-29H2,1-2H3. The summed E-state index contributed by atoms with van der Waals surface area (Å²) in [7, 11) is 0. The van der Waals surface area contributed by atoms with Crippen LogP contribution in [0.25, 0.3) is 76.8 Å². The molecular formula is C55H44. The number of rotatable bonds is 2. The van der Waals surface area contributed by atoms with E-state index in [1.54, 1.807) is 11.1 Å². The highest BCUT2D eigenvalue weighted by Gasteiger charge is 2.62. The summed E-state index contributed by atoms with van der Waals surface area (Å²) in [5, 5.41) is 8.26. The second-order valence-electron chi connectivity index (χ2n) is 18.4. The Morgan fingerprint density at radius 1 is 0.400 bits per heavy atom. The second-order valence-corrected chi connectivity index (χ2v) is 18.4. The van der Waals surface area contributed by atoms with Crippen LogP contribution < -0.4 is 0 Å². The van der Waals surface area contributed by atoms with Gasteiger partial charge in [0.15, 0.2) is 0 Å². The van der Waals surface area contributed by atoms with Gasteiger partial charge in [-0.05, 0) is 167 Å². The number of hydrogen-bond donors (Lipinski definition) is 0. The van der Waals surface area contributed by atoms with Crippen LogP contribution in [0, 0.1) is 23.7 Å². The normalized spacial score (nSPS) is 24.8. The first kappa shape index (κ1) is 30.8. The third-order valence-corrected chi connectivity index (χ3v) is 15.6. The monoisotopic (exact) mass is 704 g/mol. The Balaban J connectivity index is 1.06. The van der Waals surface area contributed by atoms with E-state index in [1.807, 2.05) is 0 Å². The van der Waals surface area contributed by atoms with Gasteiger partial charge in [-0.15, -0.1) is 0 Å². The van der Waals surface area contributed by atoms with E-state index in [0.29, 0.717) is 0 Å². The van der Waals surface area contributed by atoms with Crippen molar-refractivity contribution >= 4 is 32.3 Å². The zero-order valence-electron chi connectivity index (χ0n) is 31.7. The van der Waals surface area contributed by atoms with Crippen molar-refractivity contribution in [1.82, 2.24) is 0 Å². The lowest BCUT2D eigenvalue weighted by molar-refractivity contribution is -0.0393. The highest BCUT2D eigenvalue weighted by Crippen LogP contribution is 2.70. The Morgan fingerprint density at radius 2 is 0.873 bits per heavy atom. The average molecular weight is 705 g/mol. The Labute approximate surface area is 323 Å². The minimum absolute atomic E-state index is 0.0469. The second kappa shape index (κ2) is 10.6. The highest BCUT2D eigenvalue weighted by molar-refractivity contribution is 6.21. The maximum atomic E-state index is 2.70. The predicted molar refractivity (Wildman–Crippen MR) is 231 cm³/mol. The van der Waals surface area contributed by atoms with Crippen molar-refractivity contribution in [2.45, 2.75) is 56.8 Å². The van der Waals surface area contributed by atoms with E-state index in [1.165, 1.54) is 120 Å². The largest absolute Gasteiger partial charge is 0.0619 e. The molecule has 0 heteroatoms. The van der Waals surface area contributed by atoms with Gasteiger partial charge in [0.2, 0.25) is 0 Å². The molecule has 6 aliphatic rings. The van der Waals surface area contributed by atoms with Crippen LogP contribution in [0.2, 0.25) is 0 Å². The van der Waals surface area contributed by atoms with Crippen molar-refractivity contribution in [3.8, 4) is 44.5 Å². The molecule has 0 N–H and O–H groups in total. The fourth-order valence-electron chi connectivity index (χ4n) is 13.7. The number of hydrogen-bond acceptors (Lipinski definition) is 0. The summed E-state index contributed by atoms with van der Waals surface area (Å²) in [5.41, 5.74) is 17.3. The van der Waals surface area contributed by atoms with Crippen LogP contribution >= 0.6 is 0 Å². The minimum Gasteiger partial charge on any atom is -0.0619 e. The molecule has 8 aromatic rings.